The van der Waals surface area contributed by atoms with Crippen LogP contribution in [-0.2, 0) is 10.2 Å². The first kappa shape index (κ1) is 22.5. The molecule has 1 saturated heterocycles. The van der Waals surface area contributed by atoms with E-state index in [2.05, 4.69) is 20.4 Å². The number of carbonyl (C=O) groups is 1. The van der Waals surface area contributed by atoms with Gasteiger partial charge in [-0.25, -0.2) is 8.91 Å². The van der Waals surface area contributed by atoms with Gasteiger partial charge in [0.25, 0.3) is 0 Å². The Balaban J connectivity index is 1.20. The van der Waals surface area contributed by atoms with Crippen molar-refractivity contribution in [1.29, 1.82) is 0 Å². The molecule has 4 heterocycles. The lowest BCUT2D eigenvalue weighted by atomic mass is 9.77. The SMILES string of the molecule is Cc1cc(Nc2nc(N3CCN(C(=O)C4(c5ccc(F)cc5)CCCC4)CC3)nn3cccc23)n[nH]1. The zero-order chi connectivity index (χ0) is 24.7. The molecule has 10 heteroatoms. The molecule has 1 aromatic carbocycles. The Labute approximate surface area is 208 Å². The van der Waals surface area contributed by atoms with Crippen LogP contribution in [0.25, 0.3) is 5.52 Å². The van der Waals surface area contributed by atoms with Gasteiger partial charge in [0.15, 0.2) is 11.6 Å². The quantitative estimate of drug-likeness (QED) is 0.444. The van der Waals surface area contributed by atoms with Crippen LogP contribution in [0.5, 0.6) is 0 Å². The molecule has 2 aliphatic rings. The van der Waals surface area contributed by atoms with Crippen LogP contribution in [0.1, 0.15) is 36.9 Å². The minimum absolute atomic E-state index is 0.157. The predicted molar refractivity (Wildman–Crippen MR) is 135 cm³/mol. The third-order valence-corrected chi connectivity index (χ3v) is 7.45. The summed E-state index contributed by atoms with van der Waals surface area (Å²) in [5.74, 6) is 1.86. The zero-order valence-corrected chi connectivity index (χ0v) is 20.2. The zero-order valence-electron chi connectivity index (χ0n) is 20.2. The maximum absolute atomic E-state index is 13.8. The number of H-pyrrole nitrogens is 1. The largest absolute Gasteiger partial charge is 0.338 e. The van der Waals surface area contributed by atoms with E-state index < -0.39 is 5.41 Å². The van der Waals surface area contributed by atoms with Gasteiger partial charge in [-0.15, -0.1) is 5.10 Å². The lowest BCUT2D eigenvalue weighted by Crippen LogP contribution is -2.54. The first-order valence-electron chi connectivity index (χ1n) is 12.5. The van der Waals surface area contributed by atoms with Crippen molar-refractivity contribution in [2.45, 2.75) is 38.0 Å². The Morgan fingerprint density at radius 2 is 1.83 bits per heavy atom. The van der Waals surface area contributed by atoms with E-state index in [0.29, 0.717) is 43.8 Å². The van der Waals surface area contributed by atoms with Gasteiger partial charge in [0, 0.05) is 44.1 Å². The number of hydrogen-bond donors (Lipinski definition) is 2. The van der Waals surface area contributed by atoms with E-state index in [1.807, 2.05) is 40.7 Å². The van der Waals surface area contributed by atoms with E-state index >= 15 is 0 Å². The van der Waals surface area contributed by atoms with Gasteiger partial charge in [-0.2, -0.15) is 10.1 Å². The lowest BCUT2D eigenvalue weighted by Gasteiger charge is -2.40. The van der Waals surface area contributed by atoms with E-state index in [0.717, 1.165) is 42.5 Å². The molecule has 2 fully saturated rings. The Kier molecular flexibility index (Phi) is 5.58. The number of aromatic nitrogens is 5. The number of halogens is 1. The number of aromatic amines is 1. The molecule has 0 unspecified atom stereocenters. The van der Waals surface area contributed by atoms with E-state index in [1.54, 1.807) is 12.1 Å². The Morgan fingerprint density at radius 1 is 1.08 bits per heavy atom. The fourth-order valence-corrected chi connectivity index (χ4v) is 5.54. The molecule has 1 aliphatic heterocycles. The number of nitrogens with one attached hydrogen (secondary N) is 2. The summed E-state index contributed by atoms with van der Waals surface area (Å²) in [5, 5.41) is 15.2. The summed E-state index contributed by atoms with van der Waals surface area (Å²) >= 11 is 0. The number of nitrogens with zero attached hydrogens (tertiary/aromatic N) is 6. The van der Waals surface area contributed by atoms with Gasteiger partial charge in [-0.05, 0) is 49.6 Å². The van der Waals surface area contributed by atoms with Crippen molar-refractivity contribution in [3.8, 4) is 0 Å². The van der Waals surface area contributed by atoms with Crippen LogP contribution in [0.2, 0.25) is 0 Å². The van der Waals surface area contributed by atoms with Crippen molar-refractivity contribution in [3.63, 3.8) is 0 Å². The molecule has 0 spiro atoms. The molecule has 3 aromatic heterocycles. The highest BCUT2D eigenvalue weighted by Crippen LogP contribution is 2.43. The number of benzene rings is 1. The smallest absolute Gasteiger partial charge is 0.245 e. The molecule has 36 heavy (non-hydrogen) atoms. The molecule has 186 valence electrons. The third kappa shape index (κ3) is 3.96. The second kappa shape index (κ2) is 8.92. The fraction of sp³-hybridized carbons (Fsp3) is 0.385. The molecule has 0 radical (unpaired) electrons. The van der Waals surface area contributed by atoms with Gasteiger partial charge in [0.2, 0.25) is 11.9 Å². The van der Waals surface area contributed by atoms with Crippen molar-refractivity contribution in [1.82, 2.24) is 29.7 Å². The number of hydrogen-bond acceptors (Lipinski definition) is 6. The third-order valence-electron chi connectivity index (χ3n) is 7.45. The maximum atomic E-state index is 13.8. The van der Waals surface area contributed by atoms with Crippen molar-refractivity contribution in [2.75, 3.05) is 36.4 Å². The van der Waals surface area contributed by atoms with Crippen LogP contribution >= 0.6 is 0 Å². The van der Waals surface area contributed by atoms with E-state index in [1.165, 1.54) is 12.1 Å². The second-order valence-corrected chi connectivity index (χ2v) is 9.73. The van der Waals surface area contributed by atoms with E-state index in [4.69, 9.17) is 10.1 Å². The summed E-state index contributed by atoms with van der Waals surface area (Å²) in [6, 6.07) is 12.3. The summed E-state index contributed by atoms with van der Waals surface area (Å²) in [5.41, 5.74) is 2.20. The van der Waals surface area contributed by atoms with Crippen LogP contribution in [0.4, 0.5) is 22.0 Å². The van der Waals surface area contributed by atoms with Crippen molar-refractivity contribution < 1.29 is 9.18 Å². The van der Waals surface area contributed by atoms with Gasteiger partial charge in [-0.1, -0.05) is 25.0 Å². The van der Waals surface area contributed by atoms with Crippen LogP contribution < -0.4 is 10.2 Å². The molecule has 1 aliphatic carbocycles. The van der Waals surface area contributed by atoms with Crippen LogP contribution in [0, 0.1) is 12.7 Å². The summed E-state index contributed by atoms with van der Waals surface area (Å²) in [7, 11) is 0. The number of fused-ring (bicyclic) bond motifs is 1. The average molecular weight is 489 g/mol. The van der Waals surface area contributed by atoms with Gasteiger partial charge >= 0.3 is 0 Å². The van der Waals surface area contributed by atoms with Crippen LogP contribution in [-0.4, -0.2) is 61.8 Å². The summed E-state index contributed by atoms with van der Waals surface area (Å²) in [6.07, 6.45) is 5.55. The number of rotatable bonds is 5. The standard InChI is InChI=1S/C26H29FN8O/c1-18-17-22(31-30-18)28-23-21-5-4-12-35(21)32-25(29-23)34-15-13-33(14-16-34)24(36)26(10-2-3-11-26)19-6-8-20(27)9-7-19/h4-9,12,17H,2-3,10-11,13-16H2,1H3,(H2,28,29,30,31,32). The molecule has 2 N–H and O–H groups in total. The summed E-state index contributed by atoms with van der Waals surface area (Å²) < 4.78 is 15.4. The van der Waals surface area contributed by atoms with Crippen LogP contribution in [0.3, 0.4) is 0 Å². The average Bonchev–Trinajstić information content (AvgIpc) is 3.66. The van der Waals surface area contributed by atoms with Gasteiger partial charge in [-0.3, -0.25) is 9.89 Å². The topological polar surface area (TPSA) is 94.5 Å². The molecule has 6 rings (SSSR count). The molecule has 9 nitrogen and oxygen atoms in total. The van der Waals surface area contributed by atoms with Crippen molar-refractivity contribution in [2.24, 2.45) is 0 Å². The molecule has 0 atom stereocenters. The summed E-state index contributed by atoms with van der Waals surface area (Å²) in [4.78, 5) is 22.7. The van der Waals surface area contributed by atoms with Crippen molar-refractivity contribution in [3.05, 3.63) is 65.7 Å². The number of aryl methyl sites for hydroxylation is 1. The van der Waals surface area contributed by atoms with E-state index in [-0.39, 0.29) is 11.7 Å². The van der Waals surface area contributed by atoms with Gasteiger partial charge in [0.05, 0.1) is 5.41 Å². The molecule has 1 amide bonds. The molecule has 1 saturated carbocycles. The fourth-order valence-electron chi connectivity index (χ4n) is 5.54. The van der Waals surface area contributed by atoms with Crippen LogP contribution in [0.15, 0.2) is 48.7 Å². The Bertz CT molecular complexity index is 1380. The number of piperazine rings is 1. The monoisotopic (exact) mass is 488 g/mol. The Hall–Kier alpha value is -3.95. The number of carbonyl (C=O) groups excluding carboxylic acids is 1. The Morgan fingerprint density at radius 3 is 2.53 bits per heavy atom. The minimum atomic E-state index is -0.546. The minimum Gasteiger partial charge on any atom is -0.338 e. The highest BCUT2D eigenvalue weighted by molar-refractivity contribution is 5.89. The lowest BCUT2D eigenvalue weighted by molar-refractivity contribution is -0.137. The van der Waals surface area contributed by atoms with E-state index in [9.17, 15) is 9.18 Å². The normalized spacial score (nSPS) is 17.6. The molecule has 0 bridgehead atoms. The number of anilines is 3. The highest BCUT2D eigenvalue weighted by atomic mass is 19.1. The van der Waals surface area contributed by atoms with Gasteiger partial charge in [0.1, 0.15) is 11.3 Å². The maximum Gasteiger partial charge on any atom is 0.245 e. The second-order valence-electron chi connectivity index (χ2n) is 9.73. The van der Waals surface area contributed by atoms with Gasteiger partial charge < -0.3 is 15.1 Å². The highest BCUT2D eigenvalue weighted by Gasteiger charge is 2.45. The molecular formula is C26H29FN8O. The summed E-state index contributed by atoms with van der Waals surface area (Å²) in [6.45, 7) is 4.41. The molecular weight excluding hydrogens is 459 g/mol. The molecule has 4 aromatic rings. The van der Waals surface area contributed by atoms with Crippen molar-refractivity contribution >= 4 is 29.0 Å². The number of amides is 1. The first-order valence-corrected chi connectivity index (χ1v) is 12.5. The first-order chi connectivity index (χ1) is 17.5. The predicted octanol–water partition coefficient (Wildman–Crippen LogP) is 3.80.